The maximum absolute atomic E-state index is 12.0. The van der Waals surface area contributed by atoms with Crippen molar-refractivity contribution in [3.05, 3.63) is 33.9 Å². The third-order valence-electron chi connectivity index (χ3n) is 2.03. The number of halogens is 2. The zero-order valence-corrected chi connectivity index (χ0v) is 11.3. The Labute approximate surface area is 113 Å². The first-order valence-corrected chi connectivity index (χ1v) is 6.90. The molecule has 2 aromatic rings. The van der Waals surface area contributed by atoms with Gasteiger partial charge in [-0.3, -0.25) is 4.72 Å². The molecule has 1 heterocycles. The highest BCUT2D eigenvalue weighted by Crippen LogP contribution is 2.24. The van der Waals surface area contributed by atoms with Crippen LogP contribution in [-0.2, 0) is 10.0 Å². The summed E-state index contributed by atoms with van der Waals surface area (Å²) in [4.78, 5) is -0.0672. The normalized spacial score (nSPS) is 11.5. The minimum atomic E-state index is -3.83. The largest absolute Gasteiger partial charge is 0.263 e. The molecule has 0 bridgehead atoms. The van der Waals surface area contributed by atoms with Gasteiger partial charge in [0.25, 0.3) is 10.0 Å². The maximum atomic E-state index is 12.0. The predicted octanol–water partition coefficient (Wildman–Crippen LogP) is 2.49. The third-order valence-corrected chi connectivity index (χ3v) is 3.78. The number of anilines is 1. The Morgan fingerprint density at radius 1 is 1.17 bits per heavy atom. The molecule has 6 nitrogen and oxygen atoms in total. The van der Waals surface area contributed by atoms with Gasteiger partial charge >= 0.3 is 0 Å². The molecule has 0 saturated heterocycles. The van der Waals surface area contributed by atoms with E-state index in [4.69, 9.17) is 23.2 Å². The third kappa shape index (κ3) is 2.74. The average molecular weight is 308 g/mol. The quantitative estimate of drug-likeness (QED) is 0.941. The van der Waals surface area contributed by atoms with Crippen LogP contribution in [0.25, 0.3) is 0 Å². The summed E-state index contributed by atoms with van der Waals surface area (Å²) in [6.07, 6.45) is 0. The molecule has 18 heavy (non-hydrogen) atoms. The Bertz CT molecular complexity index is 664. The fourth-order valence-corrected chi connectivity index (χ4v) is 2.97. The van der Waals surface area contributed by atoms with Gasteiger partial charge in [0, 0.05) is 10.0 Å². The second-order valence-electron chi connectivity index (χ2n) is 3.41. The molecule has 0 aliphatic rings. The van der Waals surface area contributed by atoms with Crippen molar-refractivity contribution in [2.24, 2.45) is 0 Å². The monoisotopic (exact) mass is 307 g/mol. The van der Waals surface area contributed by atoms with E-state index in [-0.39, 0.29) is 20.8 Å². The molecule has 0 spiro atoms. The molecular weight excluding hydrogens is 301 g/mol. The molecule has 0 atom stereocenters. The zero-order chi connectivity index (χ0) is 13.3. The topological polar surface area (TPSA) is 85.1 Å². The van der Waals surface area contributed by atoms with Crippen molar-refractivity contribution in [2.75, 3.05) is 4.72 Å². The lowest BCUT2D eigenvalue weighted by Gasteiger charge is -2.06. The van der Waals surface area contributed by atoms with Crippen LogP contribution in [0.5, 0.6) is 0 Å². The molecule has 2 rings (SSSR count). The predicted molar refractivity (Wildman–Crippen MR) is 66.3 cm³/mol. The average Bonchev–Trinajstić information content (AvgIpc) is 2.62. The van der Waals surface area contributed by atoms with Gasteiger partial charge in [-0.05, 0) is 30.3 Å². The zero-order valence-electron chi connectivity index (χ0n) is 9.02. The fraction of sp³-hybridized carbons (Fsp3) is 0.111. The van der Waals surface area contributed by atoms with Crippen LogP contribution < -0.4 is 4.72 Å². The van der Waals surface area contributed by atoms with Gasteiger partial charge in [0.1, 0.15) is 5.69 Å². The summed E-state index contributed by atoms with van der Waals surface area (Å²) in [7, 11) is -3.83. The summed E-state index contributed by atoms with van der Waals surface area (Å²) in [5, 5.41) is 7.33. The number of nitrogens with zero attached hydrogens (tertiary/aromatic N) is 2. The van der Waals surface area contributed by atoms with Crippen molar-refractivity contribution in [3.63, 3.8) is 0 Å². The first-order valence-electron chi connectivity index (χ1n) is 4.66. The summed E-state index contributed by atoms with van der Waals surface area (Å²) >= 11 is 11.5. The standard InChI is InChI=1S/C9H7Cl2N3O3S/c1-5-9(13-17-12-5)14-18(15,16)8-3-6(10)2-7(11)4-8/h2-4H,1H3,(H,13,14). The number of rotatable bonds is 3. The van der Waals surface area contributed by atoms with Crippen molar-refractivity contribution < 1.29 is 13.0 Å². The van der Waals surface area contributed by atoms with Crippen LogP contribution in [0.2, 0.25) is 10.0 Å². The van der Waals surface area contributed by atoms with E-state index in [1.807, 2.05) is 0 Å². The Morgan fingerprint density at radius 3 is 2.28 bits per heavy atom. The lowest BCUT2D eigenvalue weighted by atomic mass is 10.4. The van der Waals surface area contributed by atoms with Crippen LogP contribution in [0.4, 0.5) is 5.82 Å². The van der Waals surface area contributed by atoms with Gasteiger partial charge in [-0.25, -0.2) is 13.0 Å². The second kappa shape index (κ2) is 4.75. The molecule has 0 aliphatic heterocycles. The Balaban J connectivity index is 2.40. The van der Waals surface area contributed by atoms with E-state index < -0.39 is 10.0 Å². The number of nitrogens with one attached hydrogen (secondary N) is 1. The Kier molecular flexibility index (Phi) is 3.47. The van der Waals surface area contributed by atoms with Crippen LogP contribution in [0.1, 0.15) is 5.69 Å². The molecule has 0 fully saturated rings. The van der Waals surface area contributed by atoms with Crippen LogP contribution >= 0.6 is 23.2 Å². The summed E-state index contributed by atoms with van der Waals surface area (Å²) < 4.78 is 30.7. The molecule has 96 valence electrons. The number of sulfonamides is 1. The Morgan fingerprint density at radius 2 is 1.78 bits per heavy atom. The minimum absolute atomic E-state index is 0.0195. The van der Waals surface area contributed by atoms with Crippen LogP contribution in [0.3, 0.4) is 0 Å². The van der Waals surface area contributed by atoms with Gasteiger partial charge in [0.2, 0.25) is 5.82 Å². The highest BCUT2D eigenvalue weighted by molar-refractivity contribution is 7.92. The summed E-state index contributed by atoms with van der Waals surface area (Å²) in [5.74, 6) is 0.0195. The summed E-state index contributed by atoms with van der Waals surface area (Å²) in [6.45, 7) is 1.55. The van der Waals surface area contributed by atoms with Gasteiger partial charge in [-0.15, -0.1) is 0 Å². The summed E-state index contributed by atoms with van der Waals surface area (Å²) in [6, 6.07) is 3.99. The first kappa shape index (κ1) is 13.1. The van der Waals surface area contributed by atoms with E-state index >= 15 is 0 Å². The van der Waals surface area contributed by atoms with Crippen LogP contribution in [0, 0.1) is 6.92 Å². The van der Waals surface area contributed by atoms with Crippen molar-refractivity contribution >= 4 is 39.0 Å². The van der Waals surface area contributed by atoms with E-state index in [0.29, 0.717) is 5.69 Å². The molecule has 0 unspecified atom stereocenters. The SMILES string of the molecule is Cc1nonc1NS(=O)(=O)c1cc(Cl)cc(Cl)c1. The minimum Gasteiger partial charge on any atom is -0.259 e. The smallest absolute Gasteiger partial charge is 0.259 e. The van der Waals surface area contributed by atoms with Crippen molar-refractivity contribution in [2.45, 2.75) is 11.8 Å². The van der Waals surface area contributed by atoms with E-state index in [2.05, 4.69) is 19.7 Å². The molecule has 0 amide bonds. The number of hydrogen-bond donors (Lipinski definition) is 1. The van der Waals surface area contributed by atoms with Crippen molar-refractivity contribution in [1.82, 2.24) is 10.3 Å². The molecule has 0 aliphatic carbocycles. The van der Waals surface area contributed by atoms with Crippen molar-refractivity contribution in [1.29, 1.82) is 0 Å². The number of hydrogen-bond acceptors (Lipinski definition) is 5. The van der Waals surface area contributed by atoms with Crippen molar-refractivity contribution in [3.8, 4) is 0 Å². The van der Waals surface area contributed by atoms with Crippen LogP contribution in [0.15, 0.2) is 27.7 Å². The lowest BCUT2D eigenvalue weighted by molar-refractivity contribution is 0.306. The first-order chi connectivity index (χ1) is 8.38. The summed E-state index contributed by atoms with van der Waals surface area (Å²) in [5.41, 5.74) is 0.326. The highest BCUT2D eigenvalue weighted by atomic mass is 35.5. The van der Waals surface area contributed by atoms with Gasteiger partial charge in [0.15, 0.2) is 0 Å². The van der Waals surface area contributed by atoms with E-state index in [0.717, 1.165) is 0 Å². The second-order valence-corrected chi connectivity index (χ2v) is 5.96. The molecule has 0 radical (unpaired) electrons. The molecule has 0 saturated carbocycles. The molecule has 1 aromatic carbocycles. The Hall–Kier alpha value is -1.31. The van der Waals surface area contributed by atoms with E-state index in [1.165, 1.54) is 18.2 Å². The van der Waals surface area contributed by atoms with E-state index in [1.54, 1.807) is 6.92 Å². The number of aromatic nitrogens is 2. The maximum Gasteiger partial charge on any atom is 0.263 e. The van der Waals surface area contributed by atoms with Gasteiger partial charge < -0.3 is 0 Å². The number of benzene rings is 1. The number of aryl methyl sites for hydroxylation is 1. The van der Waals surface area contributed by atoms with E-state index in [9.17, 15) is 8.42 Å². The van der Waals surface area contributed by atoms with Crippen LogP contribution in [-0.4, -0.2) is 18.7 Å². The molecule has 1 N–H and O–H groups in total. The molecular formula is C9H7Cl2N3O3S. The van der Waals surface area contributed by atoms with Gasteiger partial charge in [0.05, 0.1) is 4.90 Å². The fourth-order valence-electron chi connectivity index (χ4n) is 1.19. The molecule has 1 aromatic heterocycles. The van der Waals surface area contributed by atoms with Gasteiger partial charge in [-0.1, -0.05) is 28.4 Å². The lowest BCUT2D eigenvalue weighted by Crippen LogP contribution is -2.14. The molecule has 9 heteroatoms. The highest BCUT2D eigenvalue weighted by Gasteiger charge is 2.19. The van der Waals surface area contributed by atoms with Gasteiger partial charge in [-0.2, -0.15) is 0 Å².